The molecule has 14 rings (SSSR count). The highest BCUT2D eigenvalue weighted by molar-refractivity contribution is 7.03. The van der Waals surface area contributed by atoms with Crippen LogP contribution in [0, 0.1) is 0 Å². The van der Waals surface area contributed by atoms with Crippen molar-refractivity contribution < 1.29 is 4.42 Å². The van der Waals surface area contributed by atoms with E-state index in [1.54, 1.807) is 0 Å². The first kappa shape index (κ1) is 36.8. The summed E-state index contributed by atoms with van der Waals surface area (Å²) in [5.41, 5.74) is 19.7. The maximum absolute atomic E-state index is 6.37. The van der Waals surface area contributed by atoms with Crippen LogP contribution in [0.15, 0.2) is 241 Å². The Kier molecular flexibility index (Phi) is 8.08. The second-order valence-electron chi connectivity index (χ2n) is 17.6. The fraction of sp³-hybridized carbons (Fsp3) is 0. The smallest absolute Gasteiger partial charge is 0.253 e. The van der Waals surface area contributed by atoms with Gasteiger partial charge in [-0.25, -0.2) is 0 Å². The molecule has 0 aliphatic carbocycles. The molecule has 0 atom stereocenters. The van der Waals surface area contributed by atoms with E-state index in [4.69, 9.17) is 4.42 Å². The van der Waals surface area contributed by atoms with Crippen LogP contribution in [0.4, 0.5) is 34.1 Å². The molecule has 11 aromatic carbocycles. The molecule has 1 aromatic heterocycles. The van der Waals surface area contributed by atoms with Crippen molar-refractivity contribution in [2.45, 2.75) is 0 Å². The molecule has 0 radical (unpaired) electrons. The van der Waals surface area contributed by atoms with Crippen molar-refractivity contribution in [3.05, 3.63) is 237 Å². The van der Waals surface area contributed by atoms with Gasteiger partial charge in [-0.15, -0.1) is 0 Å². The van der Waals surface area contributed by atoms with Gasteiger partial charge < -0.3 is 14.2 Å². The normalized spacial score (nSPS) is 12.8. The van der Waals surface area contributed by atoms with Gasteiger partial charge in [-0.3, -0.25) is 0 Å². The number of furan rings is 1. The van der Waals surface area contributed by atoms with E-state index in [0.717, 1.165) is 44.4 Å². The molecule has 0 saturated heterocycles. The van der Waals surface area contributed by atoms with Crippen LogP contribution in [-0.4, -0.2) is 6.71 Å². The van der Waals surface area contributed by atoms with Gasteiger partial charge in [0.2, 0.25) is 0 Å². The highest BCUT2D eigenvalue weighted by atomic mass is 16.3. The summed E-state index contributed by atoms with van der Waals surface area (Å²) in [6.45, 7) is -0.0637. The maximum atomic E-state index is 6.37. The van der Waals surface area contributed by atoms with Gasteiger partial charge in [-0.1, -0.05) is 170 Å². The summed E-state index contributed by atoms with van der Waals surface area (Å²) in [4.78, 5) is 5.07. The van der Waals surface area contributed by atoms with Crippen molar-refractivity contribution in [2.24, 2.45) is 0 Å². The molecule has 0 N–H and O–H groups in total. The molecule has 3 nitrogen and oxygen atoms in total. The highest BCUT2D eigenvalue weighted by Crippen LogP contribution is 2.48. The minimum atomic E-state index is -0.0637. The van der Waals surface area contributed by atoms with E-state index in [1.807, 2.05) is 6.07 Å². The minimum Gasteiger partial charge on any atom is -0.456 e. The van der Waals surface area contributed by atoms with Gasteiger partial charge in [0, 0.05) is 44.9 Å². The standard InChI is InChI=1S/C62H39BN2O/c1-3-13-40(14-4-1)42-23-30-48(31-24-42)64-54-34-27-44-17-7-9-19-50(44)60(54)63-61-51-20-10-8-18-45(51)28-35-55(61)65(49-32-25-43(26-33-49)41-15-5-2-6-16-41)57-39-47(38-56(64)62(57)63)46-29-36-59-53(37-46)52-21-11-12-22-58(52)66-59/h1-39H. The van der Waals surface area contributed by atoms with E-state index in [1.165, 1.54) is 82.9 Å². The first-order chi connectivity index (χ1) is 32.7. The van der Waals surface area contributed by atoms with E-state index in [9.17, 15) is 0 Å². The maximum Gasteiger partial charge on any atom is 0.253 e. The molecular weight excluding hydrogens is 800 g/mol. The largest absolute Gasteiger partial charge is 0.456 e. The number of nitrogens with zero attached hydrogens (tertiary/aromatic N) is 2. The zero-order valence-electron chi connectivity index (χ0n) is 35.9. The van der Waals surface area contributed by atoms with Crippen molar-refractivity contribution in [3.8, 4) is 33.4 Å². The Morgan fingerprint density at radius 2 is 0.712 bits per heavy atom. The van der Waals surface area contributed by atoms with E-state index < -0.39 is 0 Å². The fourth-order valence-corrected chi connectivity index (χ4v) is 11.0. The summed E-state index contributed by atoms with van der Waals surface area (Å²) < 4.78 is 6.37. The Labute approximate surface area is 383 Å². The van der Waals surface area contributed by atoms with Crippen LogP contribution in [-0.2, 0) is 0 Å². The predicted octanol–water partition coefficient (Wildman–Crippen LogP) is 15.0. The number of anilines is 6. The predicted molar refractivity (Wildman–Crippen MR) is 279 cm³/mol. The number of benzene rings is 11. The second-order valence-corrected chi connectivity index (χ2v) is 17.6. The molecule has 66 heavy (non-hydrogen) atoms. The zero-order chi connectivity index (χ0) is 43.3. The summed E-state index contributed by atoms with van der Waals surface area (Å²) in [5.74, 6) is 0. The Balaban J connectivity index is 1.09. The van der Waals surface area contributed by atoms with Crippen molar-refractivity contribution in [1.29, 1.82) is 0 Å². The van der Waals surface area contributed by atoms with Gasteiger partial charge in [-0.2, -0.15) is 0 Å². The third kappa shape index (κ3) is 5.58. The van der Waals surface area contributed by atoms with Gasteiger partial charge >= 0.3 is 0 Å². The van der Waals surface area contributed by atoms with Crippen molar-refractivity contribution in [1.82, 2.24) is 0 Å². The van der Waals surface area contributed by atoms with E-state index >= 15 is 0 Å². The van der Waals surface area contributed by atoms with E-state index in [2.05, 4.69) is 240 Å². The van der Waals surface area contributed by atoms with Crippen LogP contribution in [0.1, 0.15) is 0 Å². The Morgan fingerprint density at radius 3 is 1.26 bits per heavy atom. The van der Waals surface area contributed by atoms with Gasteiger partial charge in [0.05, 0.1) is 0 Å². The lowest BCUT2D eigenvalue weighted by Crippen LogP contribution is -2.61. The number of hydrogen-bond donors (Lipinski definition) is 0. The van der Waals surface area contributed by atoms with Crippen LogP contribution in [0.5, 0.6) is 0 Å². The lowest BCUT2D eigenvalue weighted by atomic mass is 9.32. The topological polar surface area (TPSA) is 19.6 Å². The third-order valence-corrected chi connectivity index (χ3v) is 14.0. The summed E-state index contributed by atoms with van der Waals surface area (Å²) in [6.07, 6.45) is 0. The lowest BCUT2D eigenvalue weighted by molar-refractivity contribution is 0.669. The molecule has 4 heteroatoms. The van der Waals surface area contributed by atoms with Crippen LogP contribution in [0.3, 0.4) is 0 Å². The van der Waals surface area contributed by atoms with Gasteiger partial charge in [0.15, 0.2) is 0 Å². The van der Waals surface area contributed by atoms with Gasteiger partial charge in [0.1, 0.15) is 11.2 Å². The van der Waals surface area contributed by atoms with Crippen LogP contribution in [0.25, 0.3) is 76.9 Å². The molecule has 0 fully saturated rings. The van der Waals surface area contributed by atoms with Crippen LogP contribution < -0.4 is 26.2 Å². The molecule has 0 amide bonds. The lowest BCUT2D eigenvalue weighted by Gasteiger charge is -2.45. The molecular formula is C62H39BN2O. The van der Waals surface area contributed by atoms with Crippen LogP contribution in [0.2, 0.25) is 0 Å². The second kappa shape index (κ2) is 14.5. The molecule has 3 heterocycles. The highest BCUT2D eigenvalue weighted by Gasteiger charge is 2.45. The summed E-state index contributed by atoms with van der Waals surface area (Å²) >= 11 is 0. The summed E-state index contributed by atoms with van der Waals surface area (Å²) in [6, 6.07) is 86.8. The van der Waals surface area contributed by atoms with Crippen LogP contribution >= 0.6 is 0 Å². The molecule has 0 saturated carbocycles. The average Bonchev–Trinajstić information content (AvgIpc) is 3.77. The molecule has 2 aliphatic heterocycles. The number of hydrogen-bond acceptors (Lipinski definition) is 3. The third-order valence-electron chi connectivity index (χ3n) is 14.0. The number of para-hydroxylation sites is 1. The molecule has 12 aromatic rings. The van der Waals surface area contributed by atoms with Gasteiger partial charge in [0.25, 0.3) is 6.71 Å². The molecule has 0 spiro atoms. The Morgan fingerprint density at radius 1 is 0.273 bits per heavy atom. The van der Waals surface area contributed by atoms with Gasteiger partial charge in [-0.05, 0) is 138 Å². The molecule has 306 valence electrons. The monoisotopic (exact) mass is 838 g/mol. The fourth-order valence-electron chi connectivity index (χ4n) is 11.0. The zero-order valence-corrected chi connectivity index (χ0v) is 35.9. The first-order valence-corrected chi connectivity index (χ1v) is 22.8. The molecule has 0 unspecified atom stereocenters. The minimum absolute atomic E-state index is 0.0637. The van der Waals surface area contributed by atoms with Crippen molar-refractivity contribution in [2.75, 3.05) is 9.80 Å². The Hall–Kier alpha value is -8.60. The van der Waals surface area contributed by atoms with E-state index in [-0.39, 0.29) is 6.71 Å². The summed E-state index contributed by atoms with van der Waals surface area (Å²) in [7, 11) is 0. The van der Waals surface area contributed by atoms with Crippen molar-refractivity contribution >= 4 is 101 Å². The average molecular weight is 839 g/mol. The SMILES string of the molecule is c1ccc(-c2ccc(N3c4cc(-c5ccc6oc7ccccc7c6c5)cc5c4B(c4c3ccc3ccccc43)c3c(ccc4ccccc34)N5c3ccc(-c4ccccc4)cc3)cc2)cc1. The quantitative estimate of drug-likeness (QED) is 0.161. The summed E-state index contributed by atoms with van der Waals surface area (Å²) in [5, 5.41) is 7.24. The molecule has 2 aliphatic rings. The first-order valence-electron chi connectivity index (χ1n) is 22.8. The number of rotatable bonds is 5. The molecule has 0 bridgehead atoms. The van der Waals surface area contributed by atoms with E-state index in [0.29, 0.717) is 0 Å². The Bertz CT molecular complexity index is 3680. The number of fused-ring (bicyclic) bond motifs is 11. The van der Waals surface area contributed by atoms with Crippen molar-refractivity contribution in [3.63, 3.8) is 0 Å².